The first-order valence-electron chi connectivity index (χ1n) is 6.18. The van der Waals surface area contributed by atoms with Crippen LogP contribution < -0.4 is 11.1 Å². The van der Waals surface area contributed by atoms with Crippen molar-refractivity contribution in [2.45, 2.75) is 25.8 Å². The van der Waals surface area contributed by atoms with Crippen molar-refractivity contribution in [3.8, 4) is 0 Å². The summed E-state index contributed by atoms with van der Waals surface area (Å²) in [4.78, 5) is 33.9. The van der Waals surface area contributed by atoms with Crippen LogP contribution in [-0.2, 0) is 14.3 Å². The van der Waals surface area contributed by atoms with Gasteiger partial charge in [-0.1, -0.05) is 0 Å². The molecule has 6 nitrogen and oxygen atoms in total. The minimum absolute atomic E-state index is 0.105. The first-order valence-corrected chi connectivity index (χ1v) is 6.18. The molecule has 0 bridgehead atoms. The molecule has 0 saturated heterocycles. The largest absolute Gasteiger partial charge is 0.469 e. The zero-order valence-corrected chi connectivity index (χ0v) is 11.5. The Balaban J connectivity index is 2.62. The van der Waals surface area contributed by atoms with E-state index in [-0.39, 0.29) is 24.5 Å². The Labute approximate surface area is 117 Å². The van der Waals surface area contributed by atoms with Gasteiger partial charge >= 0.3 is 5.97 Å². The highest BCUT2D eigenvalue weighted by molar-refractivity contribution is 6.00. The zero-order chi connectivity index (χ0) is 15.1. The third-order valence-corrected chi connectivity index (χ3v) is 2.71. The van der Waals surface area contributed by atoms with Gasteiger partial charge in [0.25, 0.3) is 0 Å². The minimum atomic E-state index is -0.749. The number of anilines is 1. The third-order valence-electron chi connectivity index (χ3n) is 2.71. The lowest BCUT2D eigenvalue weighted by atomic mass is 10.0. The number of ketones is 1. The SMILES string of the molecule is COC(=O)CCC(N)C(=O)c1ccc(NC(C)=O)cc1. The van der Waals surface area contributed by atoms with Gasteiger partial charge in [-0.25, -0.2) is 0 Å². The number of methoxy groups -OCH3 is 1. The molecule has 1 aromatic carbocycles. The van der Waals surface area contributed by atoms with E-state index in [1.54, 1.807) is 24.3 Å². The van der Waals surface area contributed by atoms with Crippen molar-refractivity contribution >= 4 is 23.3 Å². The van der Waals surface area contributed by atoms with Crippen molar-refractivity contribution in [1.82, 2.24) is 0 Å². The Morgan fingerprint density at radius 2 is 1.85 bits per heavy atom. The molecule has 0 aliphatic carbocycles. The third kappa shape index (κ3) is 4.81. The number of amides is 1. The van der Waals surface area contributed by atoms with E-state index >= 15 is 0 Å². The van der Waals surface area contributed by atoms with Gasteiger partial charge in [-0.05, 0) is 30.7 Å². The molecule has 1 unspecified atom stereocenters. The molecular weight excluding hydrogens is 260 g/mol. The molecule has 1 amide bonds. The van der Waals surface area contributed by atoms with Crippen molar-refractivity contribution in [3.63, 3.8) is 0 Å². The topological polar surface area (TPSA) is 98.5 Å². The molecule has 0 fully saturated rings. The molecule has 6 heteroatoms. The molecule has 0 aliphatic heterocycles. The Kier molecular flexibility index (Phi) is 5.86. The fourth-order valence-electron chi connectivity index (χ4n) is 1.64. The number of hydrogen-bond acceptors (Lipinski definition) is 5. The summed E-state index contributed by atoms with van der Waals surface area (Å²) >= 11 is 0. The fraction of sp³-hybridized carbons (Fsp3) is 0.357. The molecule has 1 rings (SSSR count). The van der Waals surface area contributed by atoms with E-state index in [9.17, 15) is 14.4 Å². The number of carbonyl (C=O) groups is 3. The van der Waals surface area contributed by atoms with Crippen molar-refractivity contribution in [3.05, 3.63) is 29.8 Å². The molecule has 1 atom stereocenters. The van der Waals surface area contributed by atoms with Crippen LogP contribution in [-0.4, -0.2) is 30.8 Å². The number of hydrogen-bond donors (Lipinski definition) is 2. The van der Waals surface area contributed by atoms with Gasteiger partial charge in [0.15, 0.2) is 5.78 Å². The number of nitrogens with two attached hydrogens (primary N) is 1. The van der Waals surface area contributed by atoms with Crippen LogP contribution in [0.5, 0.6) is 0 Å². The van der Waals surface area contributed by atoms with E-state index in [0.29, 0.717) is 11.3 Å². The molecule has 0 aliphatic rings. The zero-order valence-electron chi connectivity index (χ0n) is 11.5. The van der Waals surface area contributed by atoms with E-state index in [0.717, 1.165) is 0 Å². The van der Waals surface area contributed by atoms with Crippen molar-refractivity contribution in [2.24, 2.45) is 5.73 Å². The van der Waals surface area contributed by atoms with Crippen LogP contribution in [0.25, 0.3) is 0 Å². The molecule has 0 saturated carbocycles. The van der Waals surface area contributed by atoms with E-state index in [4.69, 9.17) is 5.73 Å². The van der Waals surface area contributed by atoms with Crippen molar-refractivity contribution in [1.29, 1.82) is 0 Å². The summed E-state index contributed by atoms with van der Waals surface area (Å²) in [5, 5.41) is 2.61. The maximum absolute atomic E-state index is 12.0. The van der Waals surface area contributed by atoms with Crippen LogP contribution in [0.4, 0.5) is 5.69 Å². The van der Waals surface area contributed by atoms with Crippen LogP contribution in [0, 0.1) is 0 Å². The number of carbonyl (C=O) groups excluding carboxylic acids is 3. The molecule has 0 spiro atoms. The summed E-state index contributed by atoms with van der Waals surface area (Å²) < 4.78 is 4.49. The van der Waals surface area contributed by atoms with Crippen LogP contribution in [0.3, 0.4) is 0 Å². The van der Waals surface area contributed by atoms with Gasteiger partial charge in [-0.2, -0.15) is 0 Å². The second-order valence-electron chi connectivity index (χ2n) is 4.34. The van der Waals surface area contributed by atoms with Gasteiger partial charge in [-0.3, -0.25) is 14.4 Å². The monoisotopic (exact) mass is 278 g/mol. The van der Waals surface area contributed by atoms with Crippen LogP contribution >= 0.6 is 0 Å². The number of nitrogens with one attached hydrogen (secondary N) is 1. The number of ether oxygens (including phenoxy) is 1. The average Bonchev–Trinajstić information content (AvgIpc) is 2.43. The van der Waals surface area contributed by atoms with Gasteiger partial charge in [0, 0.05) is 24.6 Å². The van der Waals surface area contributed by atoms with Gasteiger partial charge in [0.2, 0.25) is 5.91 Å². The highest BCUT2D eigenvalue weighted by atomic mass is 16.5. The van der Waals surface area contributed by atoms with Crippen LogP contribution in [0.2, 0.25) is 0 Å². The summed E-state index contributed by atoms with van der Waals surface area (Å²) in [6.45, 7) is 1.40. The molecule has 20 heavy (non-hydrogen) atoms. The molecule has 3 N–H and O–H groups in total. The summed E-state index contributed by atoms with van der Waals surface area (Å²) in [5.41, 5.74) is 6.79. The van der Waals surface area contributed by atoms with E-state index in [1.165, 1.54) is 14.0 Å². The van der Waals surface area contributed by atoms with Gasteiger partial charge in [0.1, 0.15) is 0 Å². The summed E-state index contributed by atoms with van der Waals surface area (Å²) in [5.74, 6) is -0.823. The predicted molar refractivity (Wildman–Crippen MR) is 74.3 cm³/mol. The van der Waals surface area contributed by atoms with Gasteiger partial charge < -0.3 is 15.8 Å². The quantitative estimate of drug-likeness (QED) is 0.600. The molecule has 1 aromatic rings. The normalized spacial score (nSPS) is 11.6. The molecule has 108 valence electrons. The molecular formula is C14H18N2O4. The Bertz CT molecular complexity index is 496. The minimum Gasteiger partial charge on any atom is -0.469 e. The lowest BCUT2D eigenvalue weighted by Gasteiger charge is -2.10. The smallest absolute Gasteiger partial charge is 0.305 e. The standard InChI is InChI=1S/C14H18N2O4/c1-9(17)16-11-5-3-10(4-6-11)14(19)12(15)7-8-13(18)20-2/h3-6,12H,7-8,15H2,1-2H3,(H,16,17). The summed E-state index contributed by atoms with van der Waals surface area (Å²) in [6.07, 6.45) is 0.340. The maximum atomic E-state index is 12.0. The lowest BCUT2D eigenvalue weighted by Crippen LogP contribution is -2.31. The van der Waals surface area contributed by atoms with Crippen LogP contribution in [0.15, 0.2) is 24.3 Å². The Morgan fingerprint density at radius 1 is 1.25 bits per heavy atom. The van der Waals surface area contributed by atoms with Gasteiger partial charge in [-0.15, -0.1) is 0 Å². The van der Waals surface area contributed by atoms with E-state index in [1.807, 2.05) is 0 Å². The predicted octanol–water partition coefficient (Wildman–Crippen LogP) is 1.11. The Morgan fingerprint density at radius 3 is 2.35 bits per heavy atom. The first-order chi connectivity index (χ1) is 9.43. The van der Waals surface area contributed by atoms with E-state index < -0.39 is 12.0 Å². The molecule has 0 aromatic heterocycles. The maximum Gasteiger partial charge on any atom is 0.305 e. The second kappa shape index (κ2) is 7.40. The van der Waals surface area contributed by atoms with Crippen molar-refractivity contribution in [2.75, 3.05) is 12.4 Å². The summed E-state index contributed by atoms with van der Waals surface area (Å²) in [6, 6.07) is 5.68. The van der Waals surface area contributed by atoms with Gasteiger partial charge in [0.05, 0.1) is 13.2 Å². The molecule has 0 radical (unpaired) electrons. The lowest BCUT2D eigenvalue weighted by molar-refractivity contribution is -0.140. The number of Topliss-reactive ketones (excluding diaryl/α,β-unsaturated/α-hetero) is 1. The van der Waals surface area contributed by atoms with Crippen LogP contribution in [0.1, 0.15) is 30.1 Å². The first kappa shape index (κ1) is 15.8. The highest BCUT2D eigenvalue weighted by Gasteiger charge is 2.17. The molecule has 0 heterocycles. The summed E-state index contributed by atoms with van der Waals surface area (Å²) in [7, 11) is 1.29. The fourth-order valence-corrected chi connectivity index (χ4v) is 1.64. The number of esters is 1. The number of benzene rings is 1. The Hall–Kier alpha value is -2.21. The highest BCUT2D eigenvalue weighted by Crippen LogP contribution is 2.12. The average molecular weight is 278 g/mol. The van der Waals surface area contributed by atoms with Crippen molar-refractivity contribution < 1.29 is 19.1 Å². The number of rotatable bonds is 6. The van der Waals surface area contributed by atoms with E-state index in [2.05, 4.69) is 10.1 Å². The second-order valence-corrected chi connectivity index (χ2v) is 4.34.